The van der Waals surface area contributed by atoms with E-state index in [4.69, 9.17) is 26.1 Å². The summed E-state index contributed by atoms with van der Waals surface area (Å²) in [5.41, 5.74) is 0.340. The topological polar surface area (TPSA) is 47.9 Å². The number of hydrogen-bond donors (Lipinski definition) is 1. The molecule has 4 bridgehead atoms. The molecule has 3 unspecified atom stereocenters. The lowest BCUT2D eigenvalue weighted by Gasteiger charge is -2.70. The van der Waals surface area contributed by atoms with Crippen LogP contribution in [0, 0.1) is 17.8 Å². The number of ether oxygens (including phenoxy) is 1. The minimum atomic E-state index is -0.943. The Labute approximate surface area is 140 Å². The van der Waals surface area contributed by atoms with Crippen molar-refractivity contribution >= 4 is 11.6 Å². The van der Waals surface area contributed by atoms with Crippen molar-refractivity contribution in [1.29, 1.82) is 0 Å². The van der Waals surface area contributed by atoms with Crippen molar-refractivity contribution < 1.29 is 19.6 Å². The van der Waals surface area contributed by atoms with E-state index in [0.717, 1.165) is 37.7 Å². The van der Waals surface area contributed by atoms with Crippen molar-refractivity contribution in [3.05, 3.63) is 29.8 Å². The number of alkyl halides is 1. The number of phenolic OH excluding ortho intramolecular Hbond substituents is 1. The van der Waals surface area contributed by atoms with Crippen LogP contribution in [0.3, 0.4) is 0 Å². The zero-order chi connectivity index (χ0) is 15.9. The first-order valence-electron chi connectivity index (χ1n) is 8.42. The molecular formula is C18H21ClO4. The highest BCUT2D eigenvalue weighted by Crippen LogP contribution is 2.71. The van der Waals surface area contributed by atoms with E-state index in [1.165, 1.54) is 0 Å². The minimum Gasteiger partial charge on any atom is -0.508 e. The summed E-state index contributed by atoms with van der Waals surface area (Å²) >= 11 is 6.87. The van der Waals surface area contributed by atoms with Crippen LogP contribution in [-0.4, -0.2) is 22.7 Å². The van der Waals surface area contributed by atoms with Crippen LogP contribution in [0.2, 0.25) is 0 Å². The third kappa shape index (κ3) is 1.63. The van der Waals surface area contributed by atoms with Gasteiger partial charge in [-0.2, -0.15) is 4.89 Å². The Kier molecular flexibility index (Phi) is 2.79. The van der Waals surface area contributed by atoms with Crippen LogP contribution in [0.5, 0.6) is 5.75 Å². The maximum atomic E-state index is 9.90. The first-order chi connectivity index (χ1) is 11.0. The number of rotatable bonds is 2. The van der Waals surface area contributed by atoms with Crippen LogP contribution in [0.25, 0.3) is 0 Å². The van der Waals surface area contributed by atoms with Gasteiger partial charge in [-0.1, -0.05) is 12.1 Å². The quantitative estimate of drug-likeness (QED) is 0.660. The molecule has 1 spiro atoms. The smallest absolute Gasteiger partial charge is 0.260 e. The van der Waals surface area contributed by atoms with E-state index in [1.54, 1.807) is 19.2 Å². The highest BCUT2D eigenvalue weighted by Gasteiger charge is 2.78. The molecule has 3 atom stereocenters. The largest absolute Gasteiger partial charge is 0.508 e. The number of benzene rings is 1. The summed E-state index contributed by atoms with van der Waals surface area (Å²) in [6.45, 7) is 0. The number of hydrogen-bond acceptors (Lipinski definition) is 4. The fraction of sp³-hybridized carbons (Fsp3) is 0.667. The Morgan fingerprint density at radius 1 is 1.17 bits per heavy atom. The van der Waals surface area contributed by atoms with Gasteiger partial charge in [0.2, 0.25) is 0 Å². The van der Waals surface area contributed by atoms with Crippen molar-refractivity contribution in [1.82, 2.24) is 0 Å². The molecule has 4 nitrogen and oxygen atoms in total. The summed E-state index contributed by atoms with van der Waals surface area (Å²) in [4.78, 5) is 11.5. The van der Waals surface area contributed by atoms with Gasteiger partial charge in [-0.3, -0.25) is 0 Å². The fourth-order valence-electron chi connectivity index (χ4n) is 6.05. The van der Waals surface area contributed by atoms with Crippen molar-refractivity contribution in [2.24, 2.45) is 17.8 Å². The van der Waals surface area contributed by atoms with Crippen LogP contribution in [-0.2, 0) is 20.3 Å². The molecule has 1 saturated heterocycles. The molecule has 6 rings (SSSR count). The van der Waals surface area contributed by atoms with Crippen molar-refractivity contribution in [3.8, 4) is 5.75 Å². The van der Waals surface area contributed by atoms with E-state index in [2.05, 4.69) is 0 Å². The maximum absolute atomic E-state index is 9.90. The van der Waals surface area contributed by atoms with E-state index in [1.807, 2.05) is 12.1 Å². The van der Waals surface area contributed by atoms with Gasteiger partial charge in [-0.15, -0.1) is 11.6 Å². The predicted octanol–water partition coefficient (Wildman–Crippen LogP) is 3.71. The zero-order valence-corrected chi connectivity index (χ0v) is 13.9. The molecule has 0 amide bonds. The summed E-state index contributed by atoms with van der Waals surface area (Å²) in [7, 11) is 1.66. The monoisotopic (exact) mass is 336 g/mol. The predicted molar refractivity (Wildman–Crippen MR) is 83.8 cm³/mol. The molecule has 1 aliphatic heterocycles. The second-order valence-electron chi connectivity index (χ2n) is 7.83. The van der Waals surface area contributed by atoms with Crippen molar-refractivity contribution in [2.75, 3.05) is 7.11 Å². The van der Waals surface area contributed by atoms with Crippen molar-refractivity contribution in [2.45, 2.75) is 48.4 Å². The first kappa shape index (κ1) is 14.5. The second-order valence-corrected chi connectivity index (χ2v) is 8.63. The fourth-order valence-corrected chi connectivity index (χ4v) is 6.65. The molecule has 1 heterocycles. The van der Waals surface area contributed by atoms with E-state index in [9.17, 15) is 5.11 Å². The Morgan fingerprint density at radius 3 is 2.43 bits per heavy atom. The van der Waals surface area contributed by atoms with Crippen LogP contribution in [0.4, 0.5) is 0 Å². The highest BCUT2D eigenvalue weighted by atomic mass is 35.5. The maximum Gasteiger partial charge on any atom is 0.260 e. The van der Waals surface area contributed by atoms with E-state index < -0.39 is 11.4 Å². The van der Waals surface area contributed by atoms with E-state index in [-0.39, 0.29) is 10.6 Å². The normalized spacial score (nSPS) is 50.3. The average molecular weight is 337 g/mol. The zero-order valence-electron chi connectivity index (χ0n) is 13.1. The lowest BCUT2D eigenvalue weighted by atomic mass is 9.46. The Bertz CT molecular complexity index is 642. The standard InChI is InChI=1S/C18H21ClO4/c1-21-18(12-3-2-4-15(20)7-12)17(22-23-18)13-5-11-6-14(17)10-16(19,8-11)9-13/h2-4,7,11,13-14,20H,5-6,8-10H2,1H3. The summed E-state index contributed by atoms with van der Waals surface area (Å²) in [6, 6.07) is 7.13. The molecule has 124 valence electrons. The van der Waals surface area contributed by atoms with Crippen LogP contribution in [0.1, 0.15) is 37.7 Å². The van der Waals surface area contributed by atoms with Gasteiger partial charge in [0.05, 0.1) is 0 Å². The molecule has 0 radical (unpaired) electrons. The molecule has 5 heteroatoms. The number of aromatic hydroxyl groups is 1. The van der Waals surface area contributed by atoms with Gasteiger partial charge < -0.3 is 9.84 Å². The van der Waals surface area contributed by atoms with E-state index in [0.29, 0.717) is 17.8 Å². The lowest BCUT2D eigenvalue weighted by Crippen LogP contribution is -2.78. The molecule has 4 saturated carbocycles. The third-order valence-corrected chi connectivity index (χ3v) is 7.12. The molecule has 1 aromatic rings. The number of methoxy groups -OCH3 is 1. The minimum absolute atomic E-state index is 0.0704. The highest BCUT2D eigenvalue weighted by molar-refractivity contribution is 6.24. The summed E-state index contributed by atoms with van der Waals surface area (Å²) in [5, 5.41) is 9.90. The van der Waals surface area contributed by atoms with Crippen LogP contribution in [0.15, 0.2) is 24.3 Å². The van der Waals surface area contributed by atoms with Crippen LogP contribution < -0.4 is 0 Å². The average Bonchev–Trinajstić information content (AvgIpc) is 2.45. The SMILES string of the molecule is COC1(c2cccc(O)c2)OOC12C1CC3CC2CC(Cl)(C3)C1. The van der Waals surface area contributed by atoms with Gasteiger partial charge in [0, 0.05) is 17.5 Å². The van der Waals surface area contributed by atoms with Gasteiger partial charge in [0.15, 0.2) is 5.60 Å². The first-order valence-corrected chi connectivity index (χ1v) is 8.79. The van der Waals surface area contributed by atoms with E-state index >= 15 is 0 Å². The molecule has 5 aliphatic rings. The van der Waals surface area contributed by atoms with Gasteiger partial charge in [-0.25, -0.2) is 4.89 Å². The Morgan fingerprint density at radius 2 is 1.91 bits per heavy atom. The molecule has 23 heavy (non-hydrogen) atoms. The molecule has 0 aromatic heterocycles. The molecule has 4 aliphatic carbocycles. The molecular weight excluding hydrogens is 316 g/mol. The number of halogens is 1. The summed E-state index contributed by atoms with van der Waals surface area (Å²) in [5.74, 6) is 0.632. The van der Waals surface area contributed by atoms with Crippen molar-refractivity contribution in [3.63, 3.8) is 0 Å². The Balaban J connectivity index is 1.63. The molecule has 1 N–H and O–H groups in total. The Hall–Kier alpha value is -0.810. The molecule has 1 aromatic carbocycles. The summed E-state index contributed by atoms with van der Waals surface area (Å²) < 4.78 is 5.93. The number of phenols is 1. The molecule has 5 fully saturated rings. The summed E-state index contributed by atoms with van der Waals surface area (Å²) in [6.07, 6.45) is 5.28. The lowest BCUT2D eigenvalue weighted by molar-refractivity contribution is -0.645. The van der Waals surface area contributed by atoms with Gasteiger partial charge in [-0.05, 0) is 62.0 Å². The van der Waals surface area contributed by atoms with Gasteiger partial charge in [0.25, 0.3) is 5.79 Å². The second kappa shape index (κ2) is 4.42. The van der Waals surface area contributed by atoms with Gasteiger partial charge in [0.1, 0.15) is 5.75 Å². The van der Waals surface area contributed by atoms with Crippen LogP contribution >= 0.6 is 11.6 Å². The van der Waals surface area contributed by atoms with Gasteiger partial charge >= 0.3 is 0 Å². The third-order valence-electron chi connectivity index (χ3n) is 6.65.